The Morgan fingerprint density at radius 2 is 1.17 bits per heavy atom. The van der Waals surface area contributed by atoms with Gasteiger partial charge in [-0.05, 0) is 102 Å². The Balaban J connectivity index is 0.000000203. The molecular formula is C53H62IrN2O2-2. The van der Waals surface area contributed by atoms with Crippen molar-refractivity contribution in [3.05, 3.63) is 142 Å². The molecule has 0 amide bonds. The van der Waals surface area contributed by atoms with Gasteiger partial charge in [0, 0.05) is 50.4 Å². The van der Waals surface area contributed by atoms with Crippen LogP contribution in [0.15, 0.2) is 97.0 Å². The molecule has 0 bridgehead atoms. The third-order valence-corrected chi connectivity index (χ3v) is 11.3. The first kappa shape index (κ1) is 43.1. The maximum Gasteiger partial charge on any atom is 0.162 e. The van der Waals surface area contributed by atoms with E-state index in [1.807, 2.05) is 46.8 Å². The molecule has 1 N–H and O–H groups in total. The van der Waals surface area contributed by atoms with Gasteiger partial charge in [0.25, 0.3) is 0 Å². The zero-order chi connectivity index (χ0) is 42.8. The summed E-state index contributed by atoms with van der Waals surface area (Å²) in [4.78, 5) is 20.7. The summed E-state index contributed by atoms with van der Waals surface area (Å²) >= 11 is 0. The number of rotatable bonds is 10. The third-order valence-electron chi connectivity index (χ3n) is 11.3. The number of pyridine rings is 2. The molecule has 0 spiro atoms. The number of carbonyl (C=O) groups is 1. The van der Waals surface area contributed by atoms with E-state index in [2.05, 4.69) is 110 Å². The number of hydrogen-bond donors (Lipinski definition) is 1. The van der Waals surface area contributed by atoms with E-state index in [0.29, 0.717) is 18.3 Å². The third kappa shape index (κ3) is 12.1. The van der Waals surface area contributed by atoms with E-state index in [9.17, 15) is 9.90 Å². The van der Waals surface area contributed by atoms with Crippen molar-refractivity contribution in [2.45, 2.75) is 120 Å². The van der Waals surface area contributed by atoms with Crippen LogP contribution in [0.1, 0.15) is 121 Å². The normalized spacial score (nSPS) is 13.4. The Labute approximate surface area is 364 Å². The average molecular weight is 953 g/mol. The van der Waals surface area contributed by atoms with Gasteiger partial charge in [-0.25, -0.2) is 0 Å². The summed E-state index contributed by atoms with van der Waals surface area (Å²) in [5.74, 6) is 1.24. The second kappa shape index (κ2) is 22.1. The van der Waals surface area contributed by atoms with Crippen LogP contribution in [0.2, 0.25) is 0 Å². The van der Waals surface area contributed by atoms with E-state index >= 15 is 0 Å². The van der Waals surface area contributed by atoms with Crippen molar-refractivity contribution < 1.29 is 32.7 Å². The van der Waals surface area contributed by atoms with Crippen molar-refractivity contribution in [2.75, 3.05) is 0 Å². The van der Waals surface area contributed by atoms with E-state index in [-0.39, 0.29) is 43.5 Å². The number of aliphatic hydroxyl groups is 1. The molecule has 1 aliphatic rings. The first-order valence-corrected chi connectivity index (χ1v) is 21.0. The van der Waals surface area contributed by atoms with Crippen molar-refractivity contribution in [3.8, 4) is 22.5 Å². The standard InChI is InChI=1S/C22H22N.C18H16N.C13H24O2.Ir/c1-15-11-16(2)13-20(12-15)22-21-8-7-18(17-5-3-4-6-17)14-19(21)9-10-23-22;1-12-4-5-17-15(9-12)6-7-19-18(17)16-10-13(2)8-14(3)11-16;1-5-10(6-2)12(14)9-13(15)11(7-3)8-4;/h7-12,14,17H,3-6H2,1-2H3;4-10H,1-3H3;9-11,14H,5-8H2,1-4H3;/q2*-1;;/b;;12-9-;/i10D;7D;;. The molecule has 1 radical (unpaired) electrons. The number of benzene rings is 4. The molecule has 2 aromatic heterocycles. The van der Waals surface area contributed by atoms with Crippen molar-refractivity contribution in [3.63, 3.8) is 0 Å². The maximum absolute atomic E-state index is 11.7. The van der Waals surface area contributed by atoms with Gasteiger partial charge in [0.2, 0.25) is 0 Å². The monoisotopic (exact) mass is 953 g/mol. The fourth-order valence-electron chi connectivity index (χ4n) is 8.14. The summed E-state index contributed by atoms with van der Waals surface area (Å²) < 4.78 is 16.0. The number of fused-ring (bicyclic) bond motifs is 2. The molecule has 307 valence electrons. The van der Waals surface area contributed by atoms with Gasteiger partial charge in [0.05, 0.1) is 8.50 Å². The van der Waals surface area contributed by atoms with Crippen molar-refractivity contribution in [2.24, 2.45) is 11.8 Å². The number of ketones is 1. The van der Waals surface area contributed by atoms with E-state index < -0.39 is 0 Å². The SMILES string of the molecule is CCC(CC)C(=O)/C=C(\O)C(CC)CC.[2H]c1cc2cc(C)ccc2c(-c2[c-]c(C)cc(C)c2)n1.[2H]c1cc2cc(C3CCCC3)ccc2c(-c2[c-]c(C)cc(C)c2)n1.[Ir]. The number of allylic oxidation sites excluding steroid dienone is 2. The molecule has 58 heavy (non-hydrogen) atoms. The Bertz CT molecular complexity index is 2380. The van der Waals surface area contributed by atoms with Crippen LogP contribution in [0.5, 0.6) is 0 Å². The Kier molecular flexibility index (Phi) is 16.4. The zero-order valence-corrected chi connectivity index (χ0v) is 38.4. The summed E-state index contributed by atoms with van der Waals surface area (Å²) in [5, 5.41) is 14.1. The molecule has 0 aliphatic heterocycles. The Hall–Kier alpha value is -4.44. The summed E-state index contributed by atoms with van der Waals surface area (Å²) in [5.41, 5.74) is 10.9. The Morgan fingerprint density at radius 3 is 1.66 bits per heavy atom. The smallest absolute Gasteiger partial charge is 0.162 e. The molecule has 0 unspecified atom stereocenters. The Morgan fingerprint density at radius 1 is 0.690 bits per heavy atom. The predicted octanol–water partition coefficient (Wildman–Crippen LogP) is 14.5. The van der Waals surface area contributed by atoms with Crippen LogP contribution in [-0.4, -0.2) is 20.9 Å². The van der Waals surface area contributed by atoms with Crippen LogP contribution in [0, 0.1) is 58.6 Å². The van der Waals surface area contributed by atoms with Crippen LogP contribution >= 0.6 is 0 Å². The molecule has 4 nitrogen and oxygen atoms in total. The number of carbonyl (C=O) groups excluding carboxylic acids is 1. The maximum atomic E-state index is 11.7. The molecule has 1 fully saturated rings. The molecule has 5 heteroatoms. The van der Waals surface area contributed by atoms with Gasteiger partial charge < -0.3 is 15.1 Å². The minimum atomic E-state index is 0. The average Bonchev–Trinajstić information content (AvgIpc) is 3.73. The fourth-order valence-corrected chi connectivity index (χ4v) is 8.14. The molecule has 1 saturated carbocycles. The van der Waals surface area contributed by atoms with Gasteiger partial charge >= 0.3 is 0 Å². The molecule has 2 heterocycles. The zero-order valence-electron chi connectivity index (χ0n) is 38.0. The van der Waals surface area contributed by atoms with Crippen molar-refractivity contribution >= 4 is 27.3 Å². The first-order chi connectivity index (χ1) is 28.2. The van der Waals surface area contributed by atoms with Crippen LogP contribution in [0.25, 0.3) is 44.1 Å². The van der Waals surface area contributed by atoms with Gasteiger partial charge in [-0.2, -0.15) is 0 Å². The van der Waals surface area contributed by atoms with E-state index in [0.717, 1.165) is 80.9 Å². The number of aryl methyl sites for hydroxylation is 5. The van der Waals surface area contributed by atoms with Gasteiger partial charge in [-0.1, -0.05) is 110 Å². The second-order valence-corrected chi connectivity index (χ2v) is 15.9. The summed E-state index contributed by atoms with van der Waals surface area (Å²) in [6, 6.07) is 31.9. The molecule has 1 aliphatic carbocycles. The summed E-state index contributed by atoms with van der Waals surface area (Å²) in [7, 11) is 0. The second-order valence-electron chi connectivity index (χ2n) is 15.9. The summed E-state index contributed by atoms with van der Waals surface area (Å²) in [6.07, 6.45) is 10.8. The fraction of sp³-hybridized carbons (Fsp3) is 0.377. The van der Waals surface area contributed by atoms with Crippen molar-refractivity contribution in [1.82, 2.24) is 9.97 Å². The minimum Gasteiger partial charge on any atom is -0.512 e. The molecule has 0 atom stereocenters. The summed E-state index contributed by atoms with van der Waals surface area (Å²) in [6.45, 7) is 18.4. The van der Waals surface area contributed by atoms with Gasteiger partial charge in [-0.3, -0.25) is 4.79 Å². The van der Waals surface area contributed by atoms with Crippen LogP contribution in [0.3, 0.4) is 0 Å². The largest absolute Gasteiger partial charge is 0.512 e. The van der Waals surface area contributed by atoms with E-state index in [4.69, 9.17) is 2.74 Å². The van der Waals surface area contributed by atoms with Crippen molar-refractivity contribution in [1.29, 1.82) is 0 Å². The number of aromatic nitrogens is 2. The molecule has 4 aromatic carbocycles. The molecular weight excluding hydrogens is 889 g/mol. The van der Waals surface area contributed by atoms with Gasteiger partial charge in [-0.15, -0.1) is 69.8 Å². The minimum absolute atomic E-state index is 0. The van der Waals surface area contributed by atoms with Crippen LogP contribution in [-0.2, 0) is 24.9 Å². The number of aliphatic hydroxyl groups excluding tert-OH is 1. The van der Waals surface area contributed by atoms with E-state index in [1.54, 1.807) is 0 Å². The predicted molar refractivity (Wildman–Crippen MR) is 241 cm³/mol. The molecule has 7 rings (SSSR count). The quantitative estimate of drug-likeness (QED) is 0.0844. The van der Waals surface area contributed by atoms with Gasteiger partial charge in [0.1, 0.15) is 0 Å². The topological polar surface area (TPSA) is 63.1 Å². The molecule has 0 saturated heterocycles. The van der Waals surface area contributed by atoms with E-state index in [1.165, 1.54) is 54.0 Å². The van der Waals surface area contributed by atoms with Gasteiger partial charge in [0.15, 0.2) is 5.78 Å². The number of nitrogens with zero attached hydrogens (tertiary/aromatic N) is 2. The molecule has 6 aromatic rings. The van der Waals surface area contributed by atoms with Crippen LogP contribution in [0.4, 0.5) is 0 Å². The van der Waals surface area contributed by atoms with Crippen LogP contribution < -0.4 is 0 Å². The number of hydrogen-bond acceptors (Lipinski definition) is 4. The first-order valence-electron chi connectivity index (χ1n) is 22.0.